The van der Waals surface area contributed by atoms with E-state index in [1.54, 1.807) is 0 Å². The van der Waals surface area contributed by atoms with Crippen molar-refractivity contribution in [3.05, 3.63) is 50.9 Å². The molecular formula is C12H12INO2. The summed E-state index contributed by atoms with van der Waals surface area (Å²) in [6.45, 7) is 1.89. The number of rotatable bonds is 3. The second kappa shape index (κ2) is 4.97. The molecule has 1 heterocycles. The second-order valence-electron chi connectivity index (χ2n) is 3.64. The van der Waals surface area contributed by atoms with Crippen molar-refractivity contribution in [3.8, 4) is 0 Å². The maximum atomic E-state index is 10.0. The molecular weight excluding hydrogens is 317 g/mol. The van der Waals surface area contributed by atoms with E-state index < -0.39 is 6.10 Å². The molecule has 2 aromatic rings. The third kappa shape index (κ3) is 2.44. The summed E-state index contributed by atoms with van der Waals surface area (Å²) in [5, 5.41) is 13.9. The highest BCUT2D eigenvalue weighted by Gasteiger charge is 2.15. The van der Waals surface area contributed by atoms with Gasteiger partial charge in [0.05, 0.1) is 15.4 Å². The summed E-state index contributed by atoms with van der Waals surface area (Å²) in [5.74, 6) is 0.745. The molecule has 1 N–H and O–H groups in total. The molecule has 4 heteroatoms. The molecule has 1 unspecified atom stereocenters. The first-order valence-corrected chi connectivity index (χ1v) is 6.10. The summed E-state index contributed by atoms with van der Waals surface area (Å²) < 4.78 is 6.16. The van der Waals surface area contributed by atoms with Crippen LogP contribution in [0.5, 0.6) is 0 Å². The van der Waals surface area contributed by atoms with Gasteiger partial charge in [0.2, 0.25) is 0 Å². The molecule has 0 saturated carbocycles. The number of nitrogens with zero attached hydrogens (tertiary/aromatic N) is 1. The molecule has 84 valence electrons. The van der Waals surface area contributed by atoms with E-state index in [9.17, 15) is 5.11 Å². The monoisotopic (exact) mass is 329 g/mol. The number of benzene rings is 1. The predicted octanol–water partition coefficient (Wildman–Crippen LogP) is 2.86. The van der Waals surface area contributed by atoms with E-state index in [2.05, 4.69) is 27.7 Å². The van der Waals surface area contributed by atoms with Crippen molar-refractivity contribution in [2.45, 2.75) is 19.4 Å². The molecule has 16 heavy (non-hydrogen) atoms. The lowest BCUT2D eigenvalue weighted by atomic mass is 10.1. The standard InChI is InChI=1S/C12H12INO2/c1-8-12(13)11(16-14-8)7-10(15)9-5-3-2-4-6-9/h2-6,10,15H,7H2,1H3. The minimum Gasteiger partial charge on any atom is -0.388 e. The summed E-state index contributed by atoms with van der Waals surface area (Å²) in [6.07, 6.45) is -0.0783. The van der Waals surface area contributed by atoms with Crippen LogP contribution in [0, 0.1) is 10.5 Å². The third-order valence-electron chi connectivity index (χ3n) is 2.42. The van der Waals surface area contributed by atoms with Crippen LogP contribution >= 0.6 is 22.6 Å². The highest BCUT2D eigenvalue weighted by Crippen LogP contribution is 2.23. The number of hydrogen-bond donors (Lipinski definition) is 1. The summed E-state index contributed by atoms with van der Waals surface area (Å²) in [4.78, 5) is 0. The van der Waals surface area contributed by atoms with Gasteiger partial charge in [-0.25, -0.2) is 0 Å². The Morgan fingerprint density at radius 3 is 2.62 bits per heavy atom. The fourth-order valence-electron chi connectivity index (χ4n) is 1.50. The Labute approximate surface area is 108 Å². The maximum absolute atomic E-state index is 10.0. The Kier molecular flexibility index (Phi) is 3.60. The lowest BCUT2D eigenvalue weighted by Gasteiger charge is -2.08. The highest BCUT2D eigenvalue weighted by molar-refractivity contribution is 14.1. The molecule has 0 spiro atoms. The van der Waals surface area contributed by atoms with Crippen LogP contribution in [0.1, 0.15) is 23.1 Å². The van der Waals surface area contributed by atoms with Gasteiger partial charge in [-0.3, -0.25) is 0 Å². The summed E-state index contributed by atoms with van der Waals surface area (Å²) in [5.41, 5.74) is 1.77. The van der Waals surface area contributed by atoms with E-state index in [1.165, 1.54) is 0 Å². The van der Waals surface area contributed by atoms with E-state index in [0.29, 0.717) is 6.42 Å². The molecule has 3 nitrogen and oxygen atoms in total. The summed E-state index contributed by atoms with van der Waals surface area (Å²) in [7, 11) is 0. The normalized spacial score (nSPS) is 12.7. The molecule has 0 saturated heterocycles. The van der Waals surface area contributed by atoms with E-state index >= 15 is 0 Å². The fourth-order valence-corrected chi connectivity index (χ4v) is 1.92. The maximum Gasteiger partial charge on any atom is 0.153 e. The Morgan fingerprint density at radius 2 is 2.06 bits per heavy atom. The van der Waals surface area contributed by atoms with Gasteiger partial charge in [0, 0.05) is 6.42 Å². The lowest BCUT2D eigenvalue weighted by molar-refractivity contribution is 0.166. The number of hydrogen-bond acceptors (Lipinski definition) is 3. The highest BCUT2D eigenvalue weighted by atomic mass is 127. The Morgan fingerprint density at radius 1 is 1.38 bits per heavy atom. The number of aromatic nitrogens is 1. The summed E-state index contributed by atoms with van der Waals surface area (Å²) in [6, 6.07) is 9.56. The average Bonchev–Trinajstić information content (AvgIpc) is 2.62. The minimum atomic E-state index is -0.540. The Hall–Kier alpha value is -0.880. The SMILES string of the molecule is Cc1noc(CC(O)c2ccccc2)c1I. The number of aliphatic hydroxyl groups is 1. The molecule has 0 radical (unpaired) electrons. The van der Waals surface area contributed by atoms with Crippen molar-refractivity contribution in [2.24, 2.45) is 0 Å². The quantitative estimate of drug-likeness (QED) is 0.881. The van der Waals surface area contributed by atoms with Gasteiger partial charge >= 0.3 is 0 Å². The lowest BCUT2D eigenvalue weighted by Crippen LogP contribution is -2.01. The van der Waals surface area contributed by atoms with Gasteiger partial charge in [0.1, 0.15) is 0 Å². The van der Waals surface area contributed by atoms with E-state index in [0.717, 1.165) is 20.6 Å². The fraction of sp³-hybridized carbons (Fsp3) is 0.250. The van der Waals surface area contributed by atoms with E-state index in [4.69, 9.17) is 4.52 Å². The minimum absolute atomic E-state index is 0.461. The zero-order valence-electron chi connectivity index (χ0n) is 8.85. The van der Waals surface area contributed by atoms with Crippen molar-refractivity contribution in [3.63, 3.8) is 0 Å². The zero-order chi connectivity index (χ0) is 11.5. The Bertz CT molecular complexity index is 467. The van der Waals surface area contributed by atoms with Crippen molar-refractivity contribution in [2.75, 3.05) is 0 Å². The first-order chi connectivity index (χ1) is 7.68. The molecule has 0 amide bonds. The van der Waals surface area contributed by atoms with Crippen LogP contribution < -0.4 is 0 Å². The van der Waals surface area contributed by atoms with Gasteiger partial charge in [-0.15, -0.1) is 0 Å². The molecule has 1 aromatic carbocycles. The second-order valence-corrected chi connectivity index (χ2v) is 4.71. The van der Waals surface area contributed by atoms with Crippen molar-refractivity contribution >= 4 is 22.6 Å². The van der Waals surface area contributed by atoms with Crippen molar-refractivity contribution < 1.29 is 9.63 Å². The number of aryl methyl sites for hydroxylation is 1. The van der Waals surface area contributed by atoms with E-state index in [1.807, 2.05) is 37.3 Å². The molecule has 1 atom stereocenters. The number of halogens is 1. The summed E-state index contributed by atoms with van der Waals surface area (Å²) >= 11 is 2.19. The molecule has 0 aliphatic rings. The molecule has 0 bridgehead atoms. The van der Waals surface area contributed by atoms with Gasteiger partial charge in [-0.05, 0) is 35.1 Å². The molecule has 2 rings (SSSR count). The third-order valence-corrected chi connectivity index (χ3v) is 3.80. The molecule has 1 aromatic heterocycles. The zero-order valence-corrected chi connectivity index (χ0v) is 11.0. The van der Waals surface area contributed by atoms with Crippen LogP contribution in [0.3, 0.4) is 0 Å². The van der Waals surface area contributed by atoms with Gasteiger partial charge in [0.15, 0.2) is 5.76 Å². The van der Waals surface area contributed by atoms with Gasteiger partial charge in [0.25, 0.3) is 0 Å². The topological polar surface area (TPSA) is 46.3 Å². The first kappa shape index (κ1) is 11.6. The van der Waals surface area contributed by atoms with Crippen LogP contribution in [-0.4, -0.2) is 10.3 Å². The average molecular weight is 329 g/mol. The largest absolute Gasteiger partial charge is 0.388 e. The van der Waals surface area contributed by atoms with Crippen LogP contribution in [0.25, 0.3) is 0 Å². The molecule has 0 aliphatic heterocycles. The molecule has 0 aliphatic carbocycles. The van der Waals surface area contributed by atoms with Gasteiger partial charge in [-0.1, -0.05) is 35.5 Å². The van der Waals surface area contributed by atoms with E-state index in [-0.39, 0.29) is 0 Å². The van der Waals surface area contributed by atoms with Gasteiger partial charge in [-0.2, -0.15) is 0 Å². The van der Waals surface area contributed by atoms with Crippen molar-refractivity contribution in [1.29, 1.82) is 0 Å². The number of aliphatic hydroxyl groups excluding tert-OH is 1. The van der Waals surface area contributed by atoms with Crippen LogP contribution in [-0.2, 0) is 6.42 Å². The van der Waals surface area contributed by atoms with Crippen molar-refractivity contribution in [1.82, 2.24) is 5.16 Å². The smallest absolute Gasteiger partial charge is 0.153 e. The van der Waals surface area contributed by atoms with Crippen LogP contribution in [0.15, 0.2) is 34.9 Å². The first-order valence-electron chi connectivity index (χ1n) is 5.02. The van der Waals surface area contributed by atoms with Gasteiger partial charge < -0.3 is 9.63 Å². The molecule has 0 fully saturated rings. The predicted molar refractivity (Wildman–Crippen MR) is 69.1 cm³/mol. The van der Waals surface area contributed by atoms with Crippen LogP contribution in [0.4, 0.5) is 0 Å². The Balaban J connectivity index is 2.14. The van der Waals surface area contributed by atoms with Crippen LogP contribution in [0.2, 0.25) is 0 Å².